The molecule has 0 saturated carbocycles. The maximum absolute atomic E-state index is 11.6. The second kappa shape index (κ2) is 7.07. The number of piperazine rings is 1. The molecule has 1 aliphatic heterocycles. The topological polar surface area (TPSA) is 47.6 Å². The summed E-state index contributed by atoms with van der Waals surface area (Å²) in [5.41, 5.74) is -0.336. The molecular formula is C13H28N4O. The number of hydrogen-bond donors (Lipinski definition) is 2. The van der Waals surface area contributed by atoms with E-state index in [4.69, 9.17) is 0 Å². The van der Waals surface area contributed by atoms with Crippen molar-refractivity contribution < 1.29 is 4.79 Å². The summed E-state index contributed by atoms with van der Waals surface area (Å²) in [6, 6.07) is 0. The third kappa shape index (κ3) is 4.92. The number of likely N-dealkylation sites (N-methyl/N-ethyl adjacent to an activating group) is 1. The lowest BCUT2D eigenvalue weighted by Gasteiger charge is -2.32. The predicted octanol–water partition coefficient (Wildman–Crippen LogP) is -0.404. The molecule has 1 amide bonds. The van der Waals surface area contributed by atoms with Crippen LogP contribution in [0, 0.1) is 5.41 Å². The quantitative estimate of drug-likeness (QED) is 0.635. The van der Waals surface area contributed by atoms with E-state index in [-0.39, 0.29) is 11.3 Å². The molecule has 0 aromatic rings. The first-order chi connectivity index (χ1) is 8.45. The normalized spacial score (nSPS) is 18.9. The first-order valence-electron chi connectivity index (χ1n) is 6.79. The molecule has 2 N–H and O–H groups in total. The SMILES string of the molecule is CNC(=O)C(C)(C)CNCCN1CCN(C)CC1. The fraction of sp³-hybridized carbons (Fsp3) is 0.923. The highest BCUT2D eigenvalue weighted by Crippen LogP contribution is 2.12. The van der Waals surface area contributed by atoms with Crippen LogP contribution in [0.15, 0.2) is 0 Å². The molecule has 0 spiro atoms. The molecule has 0 bridgehead atoms. The van der Waals surface area contributed by atoms with E-state index in [1.165, 1.54) is 0 Å². The number of nitrogens with one attached hydrogen (secondary N) is 2. The van der Waals surface area contributed by atoms with Gasteiger partial charge in [0.25, 0.3) is 0 Å². The van der Waals surface area contributed by atoms with Crippen molar-refractivity contribution >= 4 is 5.91 Å². The highest BCUT2D eigenvalue weighted by Gasteiger charge is 2.25. The van der Waals surface area contributed by atoms with Crippen LogP contribution in [0.4, 0.5) is 0 Å². The lowest BCUT2D eigenvalue weighted by Crippen LogP contribution is -2.48. The molecule has 0 atom stereocenters. The highest BCUT2D eigenvalue weighted by atomic mass is 16.2. The van der Waals surface area contributed by atoms with Crippen LogP contribution in [0.25, 0.3) is 0 Å². The summed E-state index contributed by atoms with van der Waals surface area (Å²) >= 11 is 0. The second-order valence-electron chi connectivity index (χ2n) is 5.78. The van der Waals surface area contributed by atoms with Crippen LogP contribution in [0.2, 0.25) is 0 Å². The molecule has 18 heavy (non-hydrogen) atoms. The number of rotatable bonds is 6. The Morgan fingerprint density at radius 1 is 1.22 bits per heavy atom. The van der Waals surface area contributed by atoms with Crippen LogP contribution in [0.5, 0.6) is 0 Å². The van der Waals surface area contributed by atoms with E-state index >= 15 is 0 Å². The van der Waals surface area contributed by atoms with Gasteiger partial charge in [-0.2, -0.15) is 0 Å². The summed E-state index contributed by atoms with van der Waals surface area (Å²) in [7, 11) is 3.86. The molecule has 0 unspecified atom stereocenters. The summed E-state index contributed by atoms with van der Waals surface area (Å²) in [5, 5.41) is 6.09. The van der Waals surface area contributed by atoms with E-state index in [1.807, 2.05) is 13.8 Å². The summed E-state index contributed by atoms with van der Waals surface area (Å²) in [6.45, 7) is 11.3. The molecule has 5 nitrogen and oxygen atoms in total. The van der Waals surface area contributed by atoms with Gasteiger partial charge in [-0.15, -0.1) is 0 Å². The van der Waals surface area contributed by atoms with Crippen molar-refractivity contribution in [3.63, 3.8) is 0 Å². The van der Waals surface area contributed by atoms with Crippen LogP contribution in [0.1, 0.15) is 13.8 Å². The largest absolute Gasteiger partial charge is 0.359 e. The van der Waals surface area contributed by atoms with E-state index < -0.39 is 0 Å². The van der Waals surface area contributed by atoms with Crippen LogP contribution >= 0.6 is 0 Å². The summed E-state index contributed by atoms with van der Waals surface area (Å²) in [5.74, 6) is 0.0922. The lowest BCUT2D eigenvalue weighted by molar-refractivity contribution is -0.128. The van der Waals surface area contributed by atoms with E-state index in [0.717, 1.165) is 45.8 Å². The predicted molar refractivity (Wildman–Crippen MR) is 74.7 cm³/mol. The van der Waals surface area contributed by atoms with Gasteiger partial charge in [-0.05, 0) is 20.9 Å². The maximum Gasteiger partial charge on any atom is 0.226 e. The van der Waals surface area contributed by atoms with Gasteiger partial charge in [-0.1, -0.05) is 0 Å². The van der Waals surface area contributed by atoms with Crippen LogP contribution < -0.4 is 10.6 Å². The first-order valence-corrected chi connectivity index (χ1v) is 6.79. The molecular weight excluding hydrogens is 228 g/mol. The molecule has 1 saturated heterocycles. The molecule has 0 aromatic heterocycles. The third-order valence-corrected chi connectivity index (χ3v) is 3.61. The van der Waals surface area contributed by atoms with Gasteiger partial charge < -0.3 is 15.5 Å². The van der Waals surface area contributed by atoms with Crippen molar-refractivity contribution in [2.45, 2.75) is 13.8 Å². The minimum atomic E-state index is -0.336. The molecule has 106 valence electrons. The number of nitrogens with zero attached hydrogens (tertiary/aromatic N) is 2. The van der Waals surface area contributed by atoms with Gasteiger partial charge in [0, 0.05) is 52.9 Å². The van der Waals surface area contributed by atoms with E-state index in [9.17, 15) is 4.79 Å². The van der Waals surface area contributed by atoms with Crippen molar-refractivity contribution in [2.24, 2.45) is 5.41 Å². The van der Waals surface area contributed by atoms with Gasteiger partial charge in [0.05, 0.1) is 5.41 Å². The average Bonchev–Trinajstić information content (AvgIpc) is 2.35. The Bertz CT molecular complexity index is 260. The van der Waals surface area contributed by atoms with Crippen LogP contribution in [0.3, 0.4) is 0 Å². The summed E-state index contributed by atoms with van der Waals surface area (Å²) in [4.78, 5) is 16.4. The minimum Gasteiger partial charge on any atom is -0.359 e. The van der Waals surface area contributed by atoms with Crippen LogP contribution in [-0.2, 0) is 4.79 Å². The number of carbonyl (C=O) groups is 1. The molecule has 0 aliphatic carbocycles. The fourth-order valence-corrected chi connectivity index (χ4v) is 2.13. The monoisotopic (exact) mass is 256 g/mol. The number of carbonyl (C=O) groups excluding carboxylic acids is 1. The van der Waals surface area contributed by atoms with Gasteiger partial charge in [-0.25, -0.2) is 0 Å². The van der Waals surface area contributed by atoms with Crippen molar-refractivity contribution in [2.75, 3.05) is 59.9 Å². The standard InChI is InChI=1S/C13H28N4O/c1-13(2,12(18)14-3)11-15-5-6-17-9-7-16(4)8-10-17/h15H,5-11H2,1-4H3,(H,14,18). The van der Waals surface area contributed by atoms with Crippen LogP contribution in [-0.4, -0.2) is 75.6 Å². The number of amides is 1. The van der Waals surface area contributed by atoms with E-state index in [0.29, 0.717) is 0 Å². The zero-order valence-electron chi connectivity index (χ0n) is 12.3. The molecule has 0 radical (unpaired) electrons. The van der Waals surface area contributed by atoms with Crippen molar-refractivity contribution in [3.05, 3.63) is 0 Å². The Balaban J connectivity index is 2.13. The lowest BCUT2D eigenvalue weighted by atomic mass is 9.92. The Morgan fingerprint density at radius 2 is 1.83 bits per heavy atom. The maximum atomic E-state index is 11.6. The Morgan fingerprint density at radius 3 is 2.39 bits per heavy atom. The highest BCUT2D eigenvalue weighted by molar-refractivity contribution is 5.81. The molecule has 1 heterocycles. The van der Waals surface area contributed by atoms with Gasteiger partial charge in [0.15, 0.2) is 0 Å². The summed E-state index contributed by atoms with van der Waals surface area (Å²) in [6.07, 6.45) is 0. The Hall–Kier alpha value is -0.650. The Labute approximate surface area is 111 Å². The zero-order valence-corrected chi connectivity index (χ0v) is 12.3. The van der Waals surface area contributed by atoms with Gasteiger partial charge >= 0.3 is 0 Å². The van der Waals surface area contributed by atoms with Crippen molar-refractivity contribution in [3.8, 4) is 0 Å². The second-order valence-corrected chi connectivity index (χ2v) is 5.78. The van der Waals surface area contributed by atoms with Gasteiger partial charge in [-0.3, -0.25) is 9.69 Å². The molecule has 0 aromatic carbocycles. The van der Waals surface area contributed by atoms with Crippen molar-refractivity contribution in [1.82, 2.24) is 20.4 Å². The van der Waals surface area contributed by atoms with E-state index in [2.05, 4.69) is 27.5 Å². The summed E-state index contributed by atoms with van der Waals surface area (Å²) < 4.78 is 0. The number of hydrogen-bond acceptors (Lipinski definition) is 4. The average molecular weight is 256 g/mol. The molecule has 1 rings (SSSR count). The Kier molecular flexibility index (Phi) is 6.05. The van der Waals surface area contributed by atoms with Gasteiger partial charge in [0.2, 0.25) is 5.91 Å². The molecule has 5 heteroatoms. The fourth-order valence-electron chi connectivity index (χ4n) is 2.13. The zero-order chi connectivity index (χ0) is 13.6. The smallest absolute Gasteiger partial charge is 0.226 e. The third-order valence-electron chi connectivity index (χ3n) is 3.61. The molecule has 1 fully saturated rings. The van der Waals surface area contributed by atoms with Crippen molar-refractivity contribution in [1.29, 1.82) is 0 Å². The minimum absolute atomic E-state index is 0.0922. The first kappa shape index (κ1) is 15.4. The van der Waals surface area contributed by atoms with E-state index in [1.54, 1.807) is 7.05 Å². The van der Waals surface area contributed by atoms with Gasteiger partial charge in [0.1, 0.15) is 0 Å². The molecule has 1 aliphatic rings.